The molecule has 1 aliphatic rings. The standard InChI is InChI=1S/C15H16FNO3/c1-2-11(18)8-7-10(9-16)17-14(19)12-5-3-4-6-13(12)15(17)20/h2-6,10-11,18H,1,7-9H2. The molecule has 0 aliphatic carbocycles. The Morgan fingerprint density at radius 2 is 1.75 bits per heavy atom. The van der Waals surface area contributed by atoms with Crippen molar-refractivity contribution in [2.75, 3.05) is 6.67 Å². The van der Waals surface area contributed by atoms with Crippen LogP contribution in [-0.2, 0) is 0 Å². The zero-order valence-electron chi connectivity index (χ0n) is 11.0. The summed E-state index contributed by atoms with van der Waals surface area (Å²) in [6, 6.07) is 5.60. The van der Waals surface area contributed by atoms with Crippen LogP contribution in [0.1, 0.15) is 33.6 Å². The van der Waals surface area contributed by atoms with E-state index in [1.54, 1.807) is 24.3 Å². The van der Waals surface area contributed by atoms with E-state index in [9.17, 15) is 19.1 Å². The Morgan fingerprint density at radius 1 is 1.20 bits per heavy atom. The van der Waals surface area contributed by atoms with Crippen molar-refractivity contribution < 1.29 is 19.1 Å². The lowest BCUT2D eigenvalue weighted by molar-refractivity contribution is 0.0534. The summed E-state index contributed by atoms with van der Waals surface area (Å²) in [4.78, 5) is 25.3. The molecule has 2 unspecified atom stereocenters. The van der Waals surface area contributed by atoms with Crippen molar-refractivity contribution in [1.29, 1.82) is 0 Å². The van der Waals surface area contributed by atoms with Crippen LogP contribution in [0.5, 0.6) is 0 Å². The molecule has 0 aromatic heterocycles. The van der Waals surface area contributed by atoms with Crippen molar-refractivity contribution in [2.45, 2.75) is 25.0 Å². The first-order valence-electron chi connectivity index (χ1n) is 6.43. The van der Waals surface area contributed by atoms with Crippen LogP contribution >= 0.6 is 0 Å². The van der Waals surface area contributed by atoms with Gasteiger partial charge >= 0.3 is 0 Å². The smallest absolute Gasteiger partial charge is 0.261 e. The van der Waals surface area contributed by atoms with Gasteiger partial charge in [-0.25, -0.2) is 4.39 Å². The number of nitrogens with zero attached hydrogens (tertiary/aromatic N) is 1. The first-order valence-corrected chi connectivity index (χ1v) is 6.43. The zero-order chi connectivity index (χ0) is 14.7. The lowest BCUT2D eigenvalue weighted by Gasteiger charge is -2.24. The normalized spacial score (nSPS) is 17.0. The Bertz CT molecular complexity index is 509. The number of aliphatic hydroxyl groups is 1. The van der Waals surface area contributed by atoms with Gasteiger partial charge in [-0.05, 0) is 25.0 Å². The fourth-order valence-electron chi connectivity index (χ4n) is 2.30. The molecule has 0 spiro atoms. The Morgan fingerprint density at radius 3 is 2.20 bits per heavy atom. The lowest BCUT2D eigenvalue weighted by atomic mass is 10.1. The Balaban J connectivity index is 2.18. The number of carbonyl (C=O) groups is 2. The van der Waals surface area contributed by atoms with Crippen molar-refractivity contribution in [3.63, 3.8) is 0 Å². The van der Waals surface area contributed by atoms with E-state index in [0.717, 1.165) is 4.90 Å². The SMILES string of the molecule is C=CC(O)CCC(CF)N1C(=O)c2ccccc2C1=O. The van der Waals surface area contributed by atoms with E-state index in [0.29, 0.717) is 11.1 Å². The van der Waals surface area contributed by atoms with Gasteiger partial charge in [0.2, 0.25) is 0 Å². The number of amides is 2. The maximum absolute atomic E-state index is 13.2. The van der Waals surface area contributed by atoms with E-state index in [2.05, 4.69) is 6.58 Å². The monoisotopic (exact) mass is 277 g/mol. The summed E-state index contributed by atoms with van der Waals surface area (Å²) in [5.41, 5.74) is 0.612. The molecule has 2 amide bonds. The van der Waals surface area contributed by atoms with Crippen LogP contribution in [0.4, 0.5) is 4.39 Å². The van der Waals surface area contributed by atoms with Gasteiger partial charge in [0.15, 0.2) is 0 Å². The third-order valence-corrected chi connectivity index (χ3v) is 3.44. The van der Waals surface area contributed by atoms with Gasteiger partial charge < -0.3 is 5.11 Å². The first-order chi connectivity index (χ1) is 9.60. The third kappa shape index (κ3) is 2.49. The van der Waals surface area contributed by atoms with Crippen LogP contribution in [0.25, 0.3) is 0 Å². The molecule has 0 fully saturated rings. The van der Waals surface area contributed by atoms with Gasteiger partial charge in [-0.1, -0.05) is 18.2 Å². The fourth-order valence-corrected chi connectivity index (χ4v) is 2.30. The number of rotatable bonds is 6. The quantitative estimate of drug-likeness (QED) is 0.638. The number of fused-ring (bicyclic) bond motifs is 1. The molecular formula is C15H16FNO3. The van der Waals surface area contributed by atoms with Gasteiger partial charge in [0.05, 0.1) is 23.3 Å². The highest BCUT2D eigenvalue weighted by Gasteiger charge is 2.39. The predicted octanol–water partition coefficient (Wildman–Crippen LogP) is 1.95. The second kappa shape index (κ2) is 5.96. The average molecular weight is 277 g/mol. The largest absolute Gasteiger partial charge is 0.389 e. The highest BCUT2D eigenvalue weighted by molar-refractivity contribution is 6.21. The number of halogens is 1. The van der Waals surface area contributed by atoms with E-state index >= 15 is 0 Å². The molecule has 2 atom stereocenters. The maximum Gasteiger partial charge on any atom is 0.261 e. The molecular weight excluding hydrogens is 261 g/mol. The topological polar surface area (TPSA) is 57.6 Å². The number of benzene rings is 1. The molecule has 106 valence electrons. The summed E-state index contributed by atoms with van der Waals surface area (Å²) < 4.78 is 13.2. The molecule has 1 N–H and O–H groups in total. The van der Waals surface area contributed by atoms with Crippen molar-refractivity contribution >= 4 is 11.8 Å². The Kier molecular flexibility index (Phi) is 4.29. The molecule has 5 heteroatoms. The molecule has 0 saturated heterocycles. The molecule has 20 heavy (non-hydrogen) atoms. The first kappa shape index (κ1) is 14.4. The van der Waals surface area contributed by atoms with Crippen molar-refractivity contribution in [3.05, 3.63) is 48.0 Å². The number of imide groups is 1. The minimum atomic E-state index is -0.850. The molecule has 2 rings (SSSR count). The molecule has 1 aromatic carbocycles. The summed E-state index contributed by atoms with van der Waals surface area (Å²) in [5, 5.41) is 9.42. The summed E-state index contributed by atoms with van der Waals surface area (Å²) in [6.45, 7) is 2.61. The number of hydrogen-bond donors (Lipinski definition) is 1. The van der Waals surface area contributed by atoms with Gasteiger partial charge in [-0.3, -0.25) is 14.5 Å². The van der Waals surface area contributed by atoms with Crippen molar-refractivity contribution in [2.24, 2.45) is 0 Å². The molecule has 0 saturated carbocycles. The third-order valence-electron chi connectivity index (χ3n) is 3.44. The Labute approximate surface area is 116 Å². The van der Waals surface area contributed by atoms with Crippen LogP contribution in [-0.4, -0.2) is 40.6 Å². The maximum atomic E-state index is 13.2. The van der Waals surface area contributed by atoms with E-state index < -0.39 is 30.6 Å². The predicted molar refractivity (Wildman–Crippen MR) is 72.1 cm³/mol. The van der Waals surface area contributed by atoms with Crippen LogP contribution in [0.2, 0.25) is 0 Å². The molecule has 0 radical (unpaired) electrons. The molecule has 1 heterocycles. The lowest BCUT2D eigenvalue weighted by Crippen LogP contribution is -2.41. The number of aliphatic hydroxyl groups excluding tert-OH is 1. The number of carbonyl (C=O) groups excluding carboxylic acids is 2. The number of hydrogen-bond acceptors (Lipinski definition) is 3. The van der Waals surface area contributed by atoms with Crippen molar-refractivity contribution in [3.8, 4) is 0 Å². The van der Waals surface area contributed by atoms with E-state index in [4.69, 9.17) is 0 Å². The van der Waals surface area contributed by atoms with Crippen molar-refractivity contribution in [1.82, 2.24) is 4.90 Å². The summed E-state index contributed by atoms with van der Waals surface area (Å²) in [5.74, 6) is -0.942. The van der Waals surface area contributed by atoms with E-state index in [1.165, 1.54) is 6.08 Å². The van der Waals surface area contributed by atoms with Gasteiger partial charge in [-0.2, -0.15) is 0 Å². The second-order valence-electron chi connectivity index (χ2n) is 4.71. The molecule has 1 aliphatic heterocycles. The summed E-state index contributed by atoms with van der Waals surface area (Å²) >= 11 is 0. The highest BCUT2D eigenvalue weighted by Crippen LogP contribution is 2.26. The summed E-state index contributed by atoms with van der Waals surface area (Å²) in [6.07, 6.45) is 1.04. The fraction of sp³-hybridized carbons (Fsp3) is 0.333. The highest BCUT2D eigenvalue weighted by atomic mass is 19.1. The van der Waals surface area contributed by atoms with E-state index in [-0.39, 0.29) is 12.8 Å². The molecule has 1 aromatic rings. The van der Waals surface area contributed by atoms with Crippen LogP contribution in [0, 0.1) is 0 Å². The average Bonchev–Trinajstić information content (AvgIpc) is 2.73. The zero-order valence-corrected chi connectivity index (χ0v) is 11.0. The van der Waals surface area contributed by atoms with E-state index in [1.807, 2.05) is 0 Å². The minimum Gasteiger partial charge on any atom is -0.389 e. The summed E-state index contributed by atoms with van der Waals surface area (Å²) in [7, 11) is 0. The second-order valence-corrected chi connectivity index (χ2v) is 4.71. The van der Waals surface area contributed by atoms with Crippen LogP contribution in [0.15, 0.2) is 36.9 Å². The van der Waals surface area contributed by atoms with Crippen LogP contribution < -0.4 is 0 Å². The number of alkyl halides is 1. The molecule has 4 nitrogen and oxygen atoms in total. The Hall–Kier alpha value is -2.01. The minimum absolute atomic E-state index is 0.204. The van der Waals surface area contributed by atoms with Gasteiger partial charge in [0.25, 0.3) is 11.8 Å². The molecule has 0 bridgehead atoms. The van der Waals surface area contributed by atoms with Crippen LogP contribution in [0.3, 0.4) is 0 Å². The van der Waals surface area contributed by atoms with Gasteiger partial charge in [0.1, 0.15) is 6.67 Å². The van der Waals surface area contributed by atoms with Gasteiger partial charge in [0, 0.05) is 0 Å². The van der Waals surface area contributed by atoms with Gasteiger partial charge in [-0.15, -0.1) is 6.58 Å².